The maximum atomic E-state index is 17.2. The van der Waals surface area contributed by atoms with Gasteiger partial charge in [-0.1, -0.05) is 71.6 Å². The van der Waals surface area contributed by atoms with Crippen LogP contribution in [0.25, 0.3) is 43.1 Å². The van der Waals surface area contributed by atoms with E-state index in [4.69, 9.17) is 18.9 Å². The van der Waals surface area contributed by atoms with Crippen molar-refractivity contribution in [3.63, 3.8) is 0 Å². The van der Waals surface area contributed by atoms with Gasteiger partial charge >= 0.3 is 71.5 Å². The number of carbonyl (C=O) groups is 4. The van der Waals surface area contributed by atoms with Crippen molar-refractivity contribution in [2.75, 3.05) is 26.4 Å². The minimum Gasteiger partial charge on any atom is -0.462 e. The summed E-state index contributed by atoms with van der Waals surface area (Å²) in [6.07, 6.45) is -5.73. The number of hydrogen-bond acceptors (Lipinski definition) is 8. The van der Waals surface area contributed by atoms with Crippen molar-refractivity contribution >= 4 is 67.0 Å². The molecule has 5 aromatic carbocycles. The Morgan fingerprint density at radius 2 is 0.658 bits per heavy atom. The fourth-order valence-corrected chi connectivity index (χ4v) is 7.80. The third-order valence-corrected chi connectivity index (χ3v) is 11.9. The number of fused-ring (bicyclic) bond motifs is 2. The molecule has 0 saturated heterocycles. The van der Waals surface area contributed by atoms with Crippen LogP contribution in [0.15, 0.2) is 42.5 Å². The van der Waals surface area contributed by atoms with E-state index >= 15 is 35.1 Å². The highest BCUT2D eigenvalue weighted by Crippen LogP contribution is 2.66. The van der Waals surface area contributed by atoms with Crippen LogP contribution in [0, 0.1) is 0 Å². The van der Waals surface area contributed by atoms with Gasteiger partial charge in [-0.15, -0.1) is 0 Å². The number of ether oxygens (including phenoxy) is 4. The van der Waals surface area contributed by atoms with E-state index in [2.05, 4.69) is 0 Å². The van der Waals surface area contributed by atoms with Crippen LogP contribution in [0.2, 0.25) is 0 Å². The SMILES string of the molecule is CCCCOC(=O)c1ccc2c3ccc(C(=O)OCCCC)c4c(C(=O)OCCCC)cc(C(F)(F)C(F)(F)C(F)(F)C(F)(F)C(F)(F)C(F)(F)C(F)(F)C(F)(F)F)c(c5ccc(C(=O)OCCCC)c1c25)c43. The first kappa shape index (κ1) is 58.0. The van der Waals surface area contributed by atoms with E-state index in [-0.39, 0.29) is 57.3 Å². The molecule has 0 aromatic heterocycles. The summed E-state index contributed by atoms with van der Waals surface area (Å²) in [5.41, 5.74) is -6.12. The highest BCUT2D eigenvalue weighted by molar-refractivity contribution is 6.39. The summed E-state index contributed by atoms with van der Waals surface area (Å²) in [4.78, 5) is 55.3. The predicted octanol–water partition coefficient (Wildman–Crippen LogP) is 15.0. The van der Waals surface area contributed by atoms with Crippen LogP contribution in [-0.4, -0.2) is 92.0 Å². The van der Waals surface area contributed by atoms with Crippen LogP contribution in [0.4, 0.5) is 74.6 Å². The quantitative estimate of drug-likeness (QED) is 0.0159. The second-order valence-electron chi connectivity index (χ2n) is 16.8. The van der Waals surface area contributed by atoms with Gasteiger partial charge in [0.05, 0.1) is 48.7 Å². The Bertz CT molecular complexity index is 2850. The van der Waals surface area contributed by atoms with Gasteiger partial charge in [0, 0.05) is 21.7 Å². The van der Waals surface area contributed by atoms with Gasteiger partial charge in [0.25, 0.3) is 0 Å². The molecule has 0 aliphatic carbocycles. The van der Waals surface area contributed by atoms with Gasteiger partial charge in [-0.3, -0.25) is 0 Å². The molecule has 0 unspecified atom stereocenters. The molecule has 25 heteroatoms. The molecule has 402 valence electrons. The first-order valence-corrected chi connectivity index (χ1v) is 22.4. The lowest BCUT2D eigenvalue weighted by atomic mass is 9.79. The van der Waals surface area contributed by atoms with Gasteiger partial charge in [0.1, 0.15) is 0 Å². The number of rotatable bonds is 23. The highest BCUT2D eigenvalue weighted by atomic mass is 19.4. The lowest BCUT2D eigenvalue weighted by Crippen LogP contribution is -2.74. The Hall–Kier alpha value is -5.91. The van der Waals surface area contributed by atoms with Crippen molar-refractivity contribution in [1.29, 1.82) is 0 Å². The zero-order valence-corrected chi connectivity index (χ0v) is 38.7. The second kappa shape index (κ2) is 20.8. The molecule has 8 nitrogen and oxygen atoms in total. The lowest BCUT2D eigenvalue weighted by Gasteiger charge is -2.43. The van der Waals surface area contributed by atoms with Gasteiger partial charge in [-0.25, -0.2) is 19.2 Å². The molecule has 0 bridgehead atoms. The molecule has 0 radical (unpaired) electrons. The fourth-order valence-electron chi connectivity index (χ4n) is 7.80. The molecule has 73 heavy (non-hydrogen) atoms. The van der Waals surface area contributed by atoms with E-state index in [1.54, 1.807) is 27.7 Å². The van der Waals surface area contributed by atoms with Crippen molar-refractivity contribution in [3.8, 4) is 0 Å². The molecular formula is C48H43F17O8. The average molecular weight is 1070 g/mol. The summed E-state index contributed by atoms with van der Waals surface area (Å²) in [6.45, 7) is 5.09. The van der Waals surface area contributed by atoms with Crippen LogP contribution in [-0.2, 0) is 24.9 Å². The summed E-state index contributed by atoms with van der Waals surface area (Å²) in [7, 11) is 0. The maximum absolute atomic E-state index is 17.2. The molecule has 5 rings (SSSR count). The molecular weight excluding hydrogens is 1030 g/mol. The lowest BCUT2D eigenvalue weighted by molar-refractivity contribution is -0.462. The third-order valence-electron chi connectivity index (χ3n) is 11.9. The number of halogens is 17. The number of hydrogen-bond donors (Lipinski definition) is 0. The Labute approximate surface area is 402 Å². The van der Waals surface area contributed by atoms with E-state index in [1.165, 1.54) is 0 Å². The first-order chi connectivity index (χ1) is 33.7. The smallest absolute Gasteiger partial charge is 0.460 e. The first-order valence-electron chi connectivity index (χ1n) is 22.4. The average Bonchev–Trinajstić information content (AvgIpc) is 3.31. The Kier molecular flexibility index (Phi) is 16.5. The molecule has 5 aromatic rings. The molecule has 0 atom stereocenters. The van der Waals surface area contributed by atoms with Crippen molar-refractivity contribution < 1.29 is 113 Å². The van der Waals surface area contributed by atoms with E-state index in [9.17, 15) is 58.7 Å². The fraction of sp³-hybridized carbons (Fsp3) is 0.500. The summed E-state index contributed by atoms with van der Waals surface area (Å²) in [5, 5.41) is -6.46. The number of benzene rings is 5. The van der Waals surface area contributed by atoms with E-state index in [0.717, 1.165) is 30.3 Å². The number of carbonyl (C=O) groups excluding carboxylic acids is 4. The van der Waals surface area contributed by atoms with Crippen LogP contribution in [0.5, 0.6) is 0 Å². The summed E-state index contributed by atoms with van der Waals surface area (Å²) >= 11 is 0. The molecule has 0 spiro atoms. The predicted molar refractivity (Wildman–Crippen MR) is 228 cm³/mol. The van der Waals surface area contributed by atoms with Crippen molar-refractivity contribution in [3.05, 3.63) is 70.3 Å². The van der Waals surface area contributed by atoms with Crippen molar-refractivity contribution in [1.82, 2.24) is 0 Å². The molecule has 0 aliphatic heterocycles. The van der Waals surface area contributed by atoms with Crippen molar-refractivity contribution in [2.24, 2.45) is 0 Å². The Morgan fingerprint density at radius 1 is 0.356 bits per heavy atom. The molecule has 0 amide bonds. The van der Waals surface area contributed by atoms with Crippen LogP contribution >= 0.6 is 0 Å². The minimum absolute atomic E-state index is 0.0185. The Morgan fingerprint density at radius 3 is 1.01 bits per heavy atom. The Balaban J connectivity index is 2.06. The van der Waals surface area contributed by atoms with Gasteiger partial charge in [0.2, 0.25) is 0 Å². The summed E-state index contributed by atoms with van der Waals surface area (Å²) in [5.74, 6) is -65.0. The zero-order valence-electron chi connectivity index (χ0n) is 38.7. The molecule has 0 heterocycles. The normalized spacial score (nSPS) is 13.6. The van der Waals surface area contributed by atoms with Crippen LogP contribution < -0.4 is 0 Å². The van der Waals surface area contributed by atoms with E-state index < -0.39 is 150 Å². The minimum atomic E-state index is -8.95. The topological polar surface area (TPSA) is 105 Å². The largest absolute Gasteiger partial charge is 0.462 e. The highest BCUT2D eigenvalue weighted by Gasteiger charge is 2.95. The van der Waals surface area contributed by atoms with Gasteiger partial charge in [-0.05, 0) is 76.9 Å². The number of alkyl halides is 17. The van der Waals surface area contributed by atoms with Crippen LogP contribution in [0.3, 0.4) is 0 Å². The van der Waals surface area contributed by atoms with Crippen LogP contribution in [0.1, 0.15) is 126 Å². The maximum Gasteiger partial charge on any atom is 0.460 e. The van der Waals surface area contributed by atoms with E-state index in [1.807, 2.05) is 0 Å². The molecule has 0 aliphatic rings. The summed E-state index contributed by atoms with van der Waals surface area (Å²) < 4.78 is 274. The second-order valence-corrected chi connectivity index (χ2v) is 16.8. The molecule has 0 N–H and O–H groups in total. The van der Waals surface area contributed by atoms with Crippen molar-refractivity contribution in [2.45, 2.75) is 127 Å². The molecule has 0 fully saturated rings. The van der Waals surface area contributed by atoms with E-state index in [0.29, 0.717) is 25.3 Å². The number of unbranched alkanes of at least 4 members (excludes halogenated alkanes) is 4. The molecule has 0 saturated carbocycles. The van der Waals surface area contributed by atoms with Gasteiger partial charge < -0.3 is 18.9 Å². The van der Waals surface area contributed by atoms with Gasteiger partial charge in [-0.2, -0.15) is 74.6 Å². The van der Waals surface area contributed by atoms with Gasteiger partial charge in [0.15, 0.2) is 0 Å². The third kappa shape index (κ3) is 9.38. The monoisotopic (exact) mass is 1070 g/mol. The summed E-state index contributed by atoms with van der Waals surface area (Å²) in [6, 6.07) is 4.87. The standard InChI is InChI=1S/C48H43F17O8/c1-5-9-19-70-37(66)27-16-13-24-25-14-17-29(39(68)72-21-11-7-3)34-30(40(69)73-22-12-8-4)23-31(35(36(25)34)26-15-18-28(33(27)32(24)26)38(67)71-20-10-6-2)41(49,50)42(51,52)43(53,54)44(55,56)45(57,58)46(59,60)47(61,62)48(63,64)65/h13-18,23H,5-12,19-22H2,1-4H3. The number of esters is 4. The zero-order chi connectivity index (χ0) is 55.1.